The van der Waals surface area contributed by atoms with Gasteiger partial charge in [0.05, 0.1) is 0 Å². The van der Waals surface area contributed by atoms with Crippen molar-refractivity contribution in [2.24, 2.45) is 23.7 Å². The third-order valence-corrected chi connectivity index (χ3v) is 7.66. The van der Waals surface area contributed by atoms with Gasteiger partial charge < -0.3 is 0 Å². The van der Waals surface area contributed by atoms with Crippen LogP contribution < -0.4 is 0 Å². The van der Waals surface area contributed by atoms with E-state index in [1.54, 1.807) is 11.1 Å². The Balaban J connectivity index is 1.73. The van der Waals surface area contributed by atoms with Gasteiger partial charge in [0, 0.05) is 5.41 Å². The van der Waals surface area contributed by atoms with Crippen LogP contribution >= 0.6 is 0 Å². The molecule has 2 saturated carbocycles. The number of benzene rings is 2. The topological polar surface area (TPSA) is 0 Å². The molecule has 0 radical (unpaired) electrons. The lowest BCUT2D eigenvalue weighted by Crippen LogP contribution is -2.44. The number of rotatable bonds is 4. The van der Waals surface area contributed by atoms with Crippen molar-refractivity contribution in [2.45, 2.75) is 43.9 Å². The molecule has 0 saturated heterocycles. The van der Waals surface area contributed by atoms with Gasteiger partial charge >= 0.3 is 0 Å². The first kappa shape index (κ1) is 17.0. The standard InChI is InChI=1S/C27H30/c1-3-12-22(13-4-1)27(24-16-8-9-17-24,23-14-5-2-6-15-23)26-20-19-21-11-7-10-18-25(21)26/h1-7,10-15,18,21,24-26H,8-9,16-17,19-20H2. The van der Waals surface area contributed by atoms with E-state index in [0.29, 0.717) is 11.8 Å². The van der Waals surface area contributed by atoms with Crippen LogP contribution in [-0.2, 0) is 5.41 Å². The van der Waals surface area contributed by atoms with Crippen LogP contribution in [0.15, 0.2) is 85.0 Å². The Hall–Kier alpha value is -2.08. The van der Waals surface area contributed by atoms with Gasteiger partial charge in [-0.25, -0.2) is 0 Å². The summed E-state index contributed by atoms with van der Waals surface area (Å²) < 4.78 is 0. The molecule has 5 rings (SSSR count). The van der Waals surface area contributed by atoms with Gasteiger partial charge in [-0.3, -0.25) is 0 Å². The third kappa shape index (κ3) is 2.73. The monoisotopic (exact) mass is 354 g/mol. The van der Waals surface area contributed by atoms with Crippen molar-refractivity contribution in [3.05, 3.63) is 96.1 Å². The quantitative estimate of drug-likeness (QED) is 0.558. The van der Waals surface area contributed by atoms with Crippen LogP contribution in [0.4, 0.5) is 0 Å². The molecule has 0 amide bonds. The SMILES string of the molecule is C1=CC2CCC(C(c3ccccc3)(c3ccccc3)C3CCCC3)C2C=C1. The molecule has 0 aromatic heterocycles. The fourth-order valence-corrected chi connectivity index (χ4v) is 6.67. The second-order valence-corrected chi connectivity index (χ2v) is 8.78. The van der Waals surface area contributed by atoms with Gasteiger partial charge in [0.1, 0.15) is 0 Å². The summed E-state index contributed by atoms with van der Waals surface area (Å²) in [5.41, 5.74) is 3.25. The fourth-order valence-electron chi connectivity index (χ4n) is 6.67. The summed E-state index contributed by atoms with van der Waals surface area (Å²) in [5.74, 6) is 2.85. The zero-order valence-electron chi connectivity index (χ0n) is 16.1. The second kappa shape index (κ2) is 7.15. The molecule has 0 heteroatoms. The molecular weight excluding hydrogens is 324 g/mol. The van der Waals surface area contributed by atoms with E-state index in [1.165, 1.54) is 38.5 Å². The van der Waals surface area contributed by atoms with Crippen LogP contribution in [-0.4, -0.2) is 0 Å². The molecule has 0 nitrogen and oxygen atoms in total. The summed E-state index contributed by atoms with van der Waals surface area (Å²) in [5, 5.41) is 0. The van der Waals surface area contributed by atoms with E-state index in [4.69, 9.17) is 0 Å². The van der Waals surface area contributed by atoms with Gasteiger partial charge in [0.15, 0.2) is 0 Å². The van der Waals surface area contributed by atoms with Crippen molar-refractivity contribution in [2.75, 3.05) is 0 Å². The Labute approximate surface area is 164 Å². The highest BCUT2D eigenvalue weighted by Crippen LogP contribution is 2.59. The van der Waals surface area contributed by atoms with Crippen LogP contribution in [0.25, 0.3) is 0 Å². The molecule has 3 unspecified atom stereocenters. The molecule has 2 aromatic carbocycles. The summed E-state index contributed by atoms with van der Waals surface area (Å²) >= 11 is 0. The maximum absolute atomic E-state index is 2.53. The van der Waals surface area contributed by atoms with Crippen molar-refractivity contribution < 1.29 is 0 Å². The lowest BCUT2D eigenvalue weighted by atomic mass is 9.55. The molecule has 3 atom stereocenters. The van der Waals surface area contributed by atoms with E-state index in [0.717, 1.165) is 11.8 Å². The average molecular weight is 355 g/mol. The van der Waals surface area contributed by atoms with Gasteiger partial charge in [0.25, 0.3) is 0 Å². The van der Waals surface area contributed by atoms with Gasteiger partial charge in [0.2, 0.25) is 0 Å². The minimum Gasteiger partial charge on any atom is -0.0808 e. The molecule has 2 fully saturated rings. The normalized spacial score (nSPS) is 27.8. The number of hydrogen-bond acceptors (Lipinski definition) is 0. The minimum atomic E-state index is 0.147. The Morgan fingerprint density at radius 3 is 1.85 bits per heavy atom. The maximum Gasteiger partial charge on any atom is 0.0265 e. The molecule has 3 aliphatic carbocycles. The Morgan fingerprint density at radius 1 is 0.630 bits per heavy atom. The summed E-state index contributed by atoms with van der Waals surface area (Å²) in [6, 6.07) is 23.0. The van der Waals surface area contributed by atoms with Gasteiger partial charge in [-0.1, -0.05) is 97.8 Å². The van der Waals surface area contributed by atoms with E-state index < -0.39 is 0 Å². The molecule has 138 valence electrons. The molecule has 2 aromatic rings. The van der Waals surface area contributed by atoms with Crippen molar-refractivity contribution in [3.8, 4) is 0 Å². The van der Waals surface area contributed by atoms with Gasteiger partial charge in [-0.05, 0) is 60.5 Å². The zero-order chi connectivity index (χ0) is 18.1. The van der Waals surface area contributed by atoms with E-state index in [9.17, 15) is 0 Å². The van der Waals surface area contributed by atoms with E-state index in [2.05, 4.69) is 85.0 Å². The number of hydrogen-bond donors (Lipinski definition) is 0. The highest BCUT2D eigenvalue weighted by Gasteiger charge is 2.53. The summed E-state index contributed by atoms with van der Waals surface area (Å²) in [4.78, 5) is 0. The first-order valence-electron chi connectivity index (χ1n) is 10.9. The first-order chi connectivity index (χ1) is 13.4. The Morgan fingerprint density at radius 2 is 1.22 bits per heavy atom. The molecule has 3 aliphatic rings. The predicted molar refractivity (Wildman–Crippen MR) is 114 cm³/mol. The summed E-state index contributed by atoms with van der Waals surface area (Å²) in [7, 11) is 0. The van der Waals surface area contributed by atoms with Crippen LogP contribution in [0.2, 0.25) is 0 Å². The van der Waals surface area contributed by atoms with E-state index in [1.807, 2.05) is 0 Å². The highest BCUT2D eigenvalue weighted by atomic mass is 14.6. The van der Waals surface area contributed by atoms with Crippen molar-refractivity contribution in [3.63, 3.8) is 0 Å². The lowest BCUT2D eigenvalue weighted by molar-refractivity contribution is 0.184. The Kier molecular flexibility index (Phi) is 4.52. The van der Waals surface area contributed by atoms with Crippen molar-refractivity contribution in [1.82, 2.24) is 0 Å². The van der Waals surface area contributed by atoms with Crippen molar-refractivity contribution in [1.29, 1.82) is 0 Å². The first-order valence-corrected chi connectivity index (χ1v) is 10.9. The molecular formula is C27H30. The predicted octanol–water partition coefficient (Wildman–Crippen LogP) is 6.93. The molecule has 0 N–H and O–H groups in total. The average Bonchev–Trinajstić information content (AvgIpc) is 3.42. The largest absolute Gasteiger partial charge is 0.0808 e. The van der Waals surface area contributed by atoms with Crippen LogP contribution in [0.3, 0.4) is 0 Å². The fraction of sp³-hybridized carbons (Fsp3) is 0.407. The number of allylic oxidation sites excluding steroid dienone is 4. The molecule has 0 spiro atoms. The van der Waals surface area contributed by atoms with E-state index in [-0.39, 0.29) is 5.41 Å². The highest BCUT2D eigenvalue weighted by molar-refractivity contribution is 5.43. The smallest absolute Gasteiger partial charge is 0.0265 e. The van der Waals surface area contributed by atoms with Crippen LogP contribution in [0, 0.1) is 23.7 Å². The van der Waals surface area contributed by atoms with Crippen LogP contribution in [0.1, 0.15) is 49.7 Å². The summed E-state index contributed by atoms with van der Waals surface area (Å²) in [6.07, 6.45) is 17.8. The minimum absolute atomic E-state index is 0.147. The molecule has 0 bridgehead atoms. The second-order valence-electron chi connectivity index (χ2n) is 8.78. The van der Waals surface area contributed by atoms with E-state index >= 15 is 0 Å². The van der Waals surface area contributed by atoms with Gasteiger partial charge in [-0.15, -0.1) is 0 Å². The van der Waals surface area contributed by atoms with Gasteiger partial charge in [-0.2, -0.15) is 0 Å². The molecule has 0 aliphatic heterocycles. The number of fused-ring (bicyclic) bond motifs is 1. The Bertz CT molecular complexity index is 768. The third-order valence-electron chi connectivity index (χ3n) is 7.66. The maximum atomic E-state index is 2.53. The van der Waals surface area contributed by atoms with Crippen LogP contribution in [0.5, 0.6) is 0 Å². The molecule has 27 heavy (non-hydrogen) atoms. The summed E-state index contributed by atoms with van der Waals surface area (Å²) in [6.45, 7) is 0. The zero-order valence-corrected chi connectivity index (χ0v) is 16.1. The molecule has 0 heterocycles. The lowest BCUT2D eigenvalue weighted by Gasteiger charge is -2.48. The van der Waals surface area contributed by atoms with Crippen molar-refractivity contribution >= 4 is 0 Å².